The summed E-state index contributed by atoms with van der Waals surface area (Å²) in [5.74, 6) is 2.97. The molecule has 1 aliphatic heterocycles. The smallest absolute Gasteiger partial charge is 0.191 e. The summed E-state index contributed by atoms with van der Waals surface area (Å²) in [7, 11) is 0. The third-order valence-corrected chi connectivity index (χ3v) is 5.76. The maximum Gasteiger partial charge on any atom is 0.191 e. The SMILES string of the molecule is CCn1c(SCc2cc(Cl)c3c(c2)OCCO3)nnc1-c1ccccc1C. The van der Waals surface area contributed by atoms with Gasteiger partial charge in [0.05, 0.1) is 5.02 Å². The first-order valence-electron chi connectivity index (χ1n) is 8.87. The molecule has 0 N–H and O–H groups in total. The maximum atomic E-state index is 6.34. The Labute approximate surface area is 167 Å². The average Bonchev–Trinajstić information content (AvgIpc) is 3.09. The lowest BCUT2D eigenvalue weighted by Crippen LogP contribution is -2.15. The number of aromatic nitrogens is 3. The fourth-order valence-corrected chi connectivity index (χ4v) is 4.32. The van der Waals surface area contributed by atoms with Crippen molar-refractivity contribution < 1.29 is 9.47 Å². The number of halogens is 1. The van der Waals surface area contributed by atoms with Gasteiger partial charge in [0.25, 0.3) is 0 Å². The normalized spacial score (nSPS) is 13.0. The van der Waals surface area contributed by atoms with E-state index >= 15 is 0 Å². The second-order valence-electron chi connectivity index (χ2n) is 6.26. The van der Waals surface area contributed by atoms with Gasteiger partial charge in [-0.1, -0.05) is 47.6 Å². The van der Waals surface area contributed by atoms with E-state index in [1.54, 1.807) is 11.8 Å². The molecule has 0 unspecified atom stereocenters. The van der Waals surface area contributed by atoms with Gasteiger partial charge in [-0.2, -0.15) is 0 Å². The molecule has 2 heterocycles. The van der Waals surface area contributed by atoms with Crippen LogP contribution in [0.4, 0.5) is 0 Å². The highest BCUT2D eigenvalue weighted by molar-refractivity contribution is 7.98. The third-order valence-electron chi connectivity index (χ3n) is 4.44. The number of thioether (sulfide) groups is 1. The molecule has 27 heavy (non-hydrogen) atoms. The van der Waals surface area contributed by atoms with E-state index in [0.717, 1.165) is 34.4 Å². The number of aryl methyl sites for hydroxylation is 1. The van der Waals surface area contributed by atoms with Gasteiger partial charge in [-0.15, -0.1) is 10.2 Å². The Morgan fingerprint density at radius 3 is 2.78 bits per heavy atom. The van der Waals surface area contributed by atoms with Crippen molar-refractivity contribution in [3.05, 3.63) is 52.5 Å². The number of nitrogens with zero attached hydrogens (tertiary/aromatic N) is 3. The lowest BCUT2D eigenvalue weighted by Gasteiger charge is -2.20. The van der Waals surface area contributed by atoms with Crippen molar-refractivity contribution in [1.82, 2.24) is 14.8 Å². The molecule has 0 amide bonds. The van der Waals surface area contributed by atoms with Crippen LogP contribution >= 0.6 is 23.4 Å². The molecule has 7 heteroatoms. The molecule has 140 valence electrons. The zero-order chi connectivity index (χ0) is 18.8. The molecule has 4 rings (SSSR count). The van der Waals surface area contributed by atoms with E-state index in [9.17, 15) is 0 Å². The zero-order valence-electron chi connectivity index (χ0n) is 15.2. The largest absolute Gasteiger partial charge is 0.486 e. The topological polar surface area (TPSA) is 49.2 Å². The lowest BCUT2D eigenvalue weighted by molar-refractivity contribution is 0.171. The molecular weight excluding hydrogens is 382 g/mol. The van der Waals surface area contributed by atoms with Crippen LogP contribution in [0.15, 0.2) is 41.6 Å². The van der Waals surface area contributed by atoms with Crippen LogP contribution in [0.25, 0.3) is 11.4 Å². The van der Waals surface area contributed by atoms with Crippen LogP contribution in [-0.4, -0.2) is 28.0 Å². The number of hydrogen-bond acceptors (Lipinski definition) is 5. The molecule has 1 aromatic heterocycles. The first-order chi connectivity index (χ1) is 13.2. The van der Waals surface area contributed by atoms with E-state index < -0.39 is 0 Å². The van der Waals surface area contributed by atoms with Crippen molar-refractivity contribution in [3.8, 4) is 22.9 Å². The van der Waals surface area contributed by atoms with Gasteiger partial charge >= 0.3 is 0 Å². The molecule has 0 saturated heterocycles. The average molecular weight is 402 g/mol. The highest BCUT2D eigenvalue weighted by atomic mass is 35.5. The van der Waals surface area contributed by atoms with Crippen LogP contribution in [0.2, 0.25) is 5.02 Å². The highest BCUT2D eigenvalue weighted by Gasteiger charge is 2.18. The Balaban J connectivity index is 1.57. The summed E-state index contributed by atoms with van der Waals surface area (Å²) in [6, 6.07) is 12.2. The molecule has 0 bridgehead atoms. The summed E-state index contributed by atoms with van der Waals surface area (Å²) >= 11 is 7.98. The molecule has 0 saturated carbocycles. The molecule has 1 aliphatic rings. The van der Waals surface area contributed by atoms with E-state index in [1.807, 2.05) is 24.3 Å². The van der Waals surface area contributed by atoms with Gasteiger partial charge in [0.15, 0.2) is 22.5 Å². The summed E-state index contributed by atoms with van der Waals surface area (Å²) in [5.41, 5.74) is 3.37. The predicted molar refractivity (Wildman–Crippen MR) is 108 cm³/mol. The fourth-order valence-electron chi connectivity index (χ4n) is 3.10. The third kappa shape index (κ3) is 3.64. The Hall–Kier alpha value is -2.18. The zero-order valence-corrected chi connectivity index (χ0v) is 16.8. The number of benzene rings is 2. The summed E-state index contributed by atoms with van der Waals surface area (Å²) in [6.45, 7) is 6.08. The van der Waals surface area contributed by atoms with Crippen LogP contribution < -0.4 is 9.47 Å². The van der Waals surface area contributed by atoms with Crippen LogP contribution in [0.1, 0.15) is 18.1 Å². The molecule has 5 nitrogen and oxygen atoms in total. The van der Waals surface area contributed by atoms with Crippen molar-refractivity contribution in [3.63, 3.8) is 0 Å². The Morgan fingerprint density at radius 1 is 1.15 bits per heavy atom. The van der Waals surface area contributed by atoms with Crippen molar-refractivity contribution in [2.75, 3.05) is 13.2 Å². The van der Waals surface area contributed by atoms with Gasteiger partial charge in [-0.25, -0.2) is 0 Å². The minimum atomic E-state index is 0.530. The number of fused-ring (bicyclic) bond motifs is 1. The molecule has 3 aromatic rings. The van der Waals surface area contributed by atoms with Gasteiger partial charge in [-0.3, -0.25) is 0 Å². The minimum absolute atomic E-state index is 0.530. The molecule has 0 fully saturated rings. The Bertz CT molecular complexity index is 974. The van der Waals surface area contributed by atoms with Gasteiger partial charge in [-0.05, 0) is 37.1 Å². The monoisotopic (exact) mass is 401 g/mol. The second kappa shape index (κ2) is 7.82. The minimum Gasteiger partial charge on any atom is -0.486 e. The maximum absolute atomic E-state index is 6.34. The summed E-state index contributed by atoms with van der Waals surface area (Å²) in [5, 5.41) is 10.3. The van der Waals surface area contributed by atoms with E-state index in [-0.39, 0.29) is 0 Å². The van der Waals surface area contributed by atoms with E-state index in [0.29, 0.717) is 29.7 Å². The molecule has 2 aromatic carbocycles. The fraction of sp³-hybridized carbons (Fsp3) is 0.300. The van der Waals surface area contributed by atoms with Gasteiger partial charge < -0.3 is 14.0 Å². The van der Waals surface area contributed by atoms with Crippen molar-refractivity contribution in [2.24, 2.45) is 0 Å². The number of ether oxygens (including phenoxy) is 2. The number of rotatable bonds is 5. The lowest BCUT2D eigenvalue weighted by atomic mass is 10.1. The van der Waals surface area contributed by atoms with Crippen molar-refractivity contribution >= 4 is 23.4 Å². The van der Waals surface area contributed by atoms with Crippen LogP contribution in [0.5, 0.6) is 11.5 Å². The van der Waals surface area contributed by atoms with Gasteiger partial charge in [0, 0.05) is 17.9 Å². The highest BCUT2D eigenvalue weighted by Crippen LogP contribution is 2.39. The first kappa shape index (κ1) is 18.2. The molecular formula is C20H20ClN3O2S. The number of hydrogen-bond donors (Lipinski definition) is 0. The quantitative estimate of drug-likeness (QED) is 0.563. The molecule has 0 radical (unpaired) electrons. The van der Waals surface area contributed by atoms with Crippen LogP contribution in [0.3, 0.4) is 0 Å². The predicted octanol–water partition coefficient (Wildman–Crippen LogP) is 4.99. The van der Waals surface area contributed by atoms with Crippen LogP contribution in [-0.2, 0) is 12.3 Å². The van der Waals surface area contributed by atoms with Crippen molar-refractivity contribution in [1.29, 1.82) is 0 Å². The second-order valence-corrected chi connectivity index (χ2v) is 7.61. The molecule has 0 aliphatic carbocycles. The molecule has 0 atom stereocenters. The van der Waals surface area contributed by atoms with Crippen LogP contribution in [0, 0.1) is 6.92 Å². The Morgan fingerprint density at radius 2 is 1.96 bits per heavy atom. The summed E-state index contributed by atoms with van der Waals surface area (Å²) < 4.78 is 13.4. The first-order valence-corrected chi connectivity index (χ1v) is 10.2. The van der Waals surface area contributed by atoms with E-state index in [2.05, 4.69) is 40.7 Å². The Kier molecular flexibility index (Phi) is 5.27. The van der Waals surface area contributed by atoms with Crippen molar-refractivity contribution in [2.45, 2.75) is 31.3 Å². The van der Waals surface area contributed by atoms with E-state index in [1.165, 1.54) is 5.56 Å². The summed E-state index contributed by atoms with van der Waals surface area (Å²) in [6.07, 6.45) is 0. The molecule has 0 spiro atoms. The standard InChI is InChI=1S/C20H20ClN3O2S/c1-3-24-19(15-7-5-4-6-13(15)2)22-23-20(24)27-12-14-10-16(21)18-17(11-14)25-8-9-26-18/h4-7,10-11H,3,8-9,12H2,1-2H3. The van der Waals surface area contributed by atoms with E-state index in [4.69, 9.17) is 21.1 Å². The van der Waals surface area contributed by atoms with Gasteiger partial charge in [0.1, 0.15) is 13.2 Å². The van der Waals surface area contributed by atoms with Gasteiger partial charge in [0.2, 0.25) is 0 Å². The summed E-state index contributed by atoms with van der Waals surface area (Å²) in [4.78, 5) is 0.